The van der Waals surface area contributed by atoms with Gasteiger partial charge in [0.1, 0.15) is 0 Å². The summed E-state index contributed by atoms with van der Waals surface area (Å²) in [6.45, 7) is 0. The van der Waals surface area contributed by atoms with Crippen LogP contribution in [0.25, 0.3) is 0 Å². The first kappa shape index (κ1) is 8.96. The van der Waals surface area contributed by atoms with Gasteiger partial charge in [-0.15, -0.1) is 0 Å². The Labute approximate surface area is 70.8 Å². The van der Waals surface area contributed by atoms with Gasteiger partial charge in [0.2, 0.25) is 5.95 Å². The maximum atomic E-state index is 8.72. The van der Waals surface area contributed by atoms with E-state index in [0.717, 1.165) is 0 Å². The second kappa shape index (κ2) is 3.51. The van der Waals surface area contributed by atoms with Crippen LogP contribution in [0.4, 0.5) is 5.95 Å². The summed E-state index contributed by atoms with van der Waals surface area (Å²) in [5, 5.41) is 17.4. The quantitative estimate of drug-likeness (QED) is 0.509. The average Bonchev–Trinajstić information content (AvgIpc) is 2.04. The molecule has 1 aromatic rings. The van der Waals surface area contributed by atoms with E-state index in [2.05, 4.69) is 9.97 Å². The second-order valence-electron chi connectivity index (χ2n) is 2.58. The van der Waals surface area contributed by atoms with Gasteiger partial charge in [0.15, 0.2) is 0 Å². The number of hydrogen-bond donors (Lipinski definition) is 2. The first-order valence-corrected chi connectivity index (χ1v) is 3.46. The molecule has 5 nitrogen and oxygen atoms in total. The lowest BCUT2D eigenvalue weighted by Gasteiger charge is -2.09. The molecule has 0 atom stereocenters. The Kier molecular flexibility index (Phi) is 2.62. The standard InChI is InChI=1S/C6H10BN3O2/c1-10(2)6-8-3-5(4-9-6)7(11)12/h3-4,11-12H,1-2H3. The van der Waals surface area contributed by atoms with Gasteiger partial charge in [0, 0.05) is 32.0 Å². The molecular weight excluding hydrogens is 157 g/mol. The van der Waals surface area contributed by atoms with Gasteiger partial charge in [-0.2, -0.15) is 0 Å². The number of anilines is 1. The van der Waals surface area contributed by atoms with Crippen LogP contribution >= 0.6 is 0 Å². The van der Waals surface area contributed by atoms with Crippen molar-refractivity contribution in [2.45, 2.75) is 0 Å². The average molecular weight is 167 g/mol. The minimum Gasteiger partial charge on any atom is -0.423 e. The number of nitrogens with zero attached hydrogens (tertiary/aromatic N) is 3. The van der Waals surface area contributed by atoms with Crippen LogP contribution < -0.4 is 10.4 Å². The molecule has 0 unspecified atom stereocenters. The van der Waals surface area contributed by atoms with Gasteiger partial charge >= 0.3 is 7.12 Å². The molecule has 12 heavy (non-hydrogen) atoms. The highest BCUT2D eigenvalue weighted by Crippen LogP contribution is 1.96. The van der Waals surface area contributed by atoms with Gasteiger partial charge in [-0.3, -0.25) is 0 Å². The van der Waals surface area contributed by atoms with E-state index >= 15 is 0 Å². The summed E-state index contributed by atoms with van der Waals surface area (Å²) in [5.41, 5.74) is 0.292. The highest BCUT2D eigenvalue weighted by Gasteiger charge is 2.11. The monoisotopic (exact) mass is 167 g/mol. The van der Waals surface area contributed by atoms with Gasteiger partial charge in [0.25, 0.3) is 0 Å². The molecule has 1 aromatic heterocycles. The van der Waals surface area contributed by atoms with Gasteiger partial charge in [-0.25, -0.2) is 9.97 Å². The van der Waals surface area contributed by atoms with Gasteiger partial charge < -0.3 is 14.9 Å². The number of rotatable bonds is 2. The summed E-state index contributed by atoms with van der Waals surface area (Å²) in [4.78, 5) is 9.52. The van der Waals surface area contributed by atoms with Crippen molar-refractivity contribution in [3.8, 4) is 0 Å². The van der Waals surface area contributed by atoms with E-state index < -0.39 is 7.12 Å². The lowest BCUT2D eigenvalue weighted by atomic mass is 9.83. The third-order valence-corrected chi connectivity index (χ3v) is 1.36. The number of aromatic nitrogens is 2. The zero-order chi connectivity index (χ0) is 9.14. The zero-order valence-electron chi connectivity index (χ0n) is 6.97. The Balaban J connectivity index is 2.86. The molecule has 0 bridgehead atoms. The van der Waals surface area contributed by atoms with Crippen LogP contribution in [-0.2, 0) is 0 Å². The summed E-state index contributed by atoms with van der Waals surface area (Å²) in [5.74, 6) is 0.541. The predicted molar refractivity (Wildman–Crippen MR) is 46.2 cm³/mol. The minimum absolute atomic E-state index is 0.292. The van der Waals surface area contributed by atoms with Gasteiger partial charge in [-0.05, 0) is 0 Å². The van der Waals surface area contributed by atoms with Gasteiger partial charge in [-0.1, -0.05) is 0 Å². The number of hydrogen-bond acceptors (Lipinski definition) is 5. The van der Waals surface area contributed by atoms with Gasteiger partial charge in [0.05, 0.1) is 0 Å². The maximum Gasteiger partial charge on any atom is 0.491 e. The normalized spacial score (nSPS) is 9.67. The highest BCUT2D eigenvalue weighted by molar-refractivity contribution is 6.58. The minimum atomic E-state index is -1.50. The summed E-state index contributed by atoms with van der Waals surface area (Å²) in [6, 6.07) is 0. The first-order valence-electron chi connectivity index (χ1n) is 3.46. The molecule has 0 aromatic carbocycles. The van der Waals surface area contributed by atoms with Crippen molar-refractivity contribution >= 4 is 18.5 Å². The Morgan fingerprint density at radius 3 is 2.08 bits per heavy atom. The van der Waals surface area contributed by atoms with E-state index in [4.69, 9.17) is 10.0 Å². The highest BCUT2D eigenvalue weighted by atomic mass is 16.4. The zero-order valence-corrected chi connectivity index (χ0v) is 6.97. The topological polar surface area (TPSA) is 69.5 Å². The predicted octanol–water partition coefficient (Wildman–Crippen LogP) is -1.78. The Morgan fingerprint density at radius 2 is 1.75 bits per heavy atom. The van der Waals surface area contributed by atoms with Crippen molar-refractivity contribution in [2.75, 3.05) is 19.0 Å². The molecule has 0 aliphatic rings. The molecule has 0 fully saturated rings. The first-order chi connectivity index (χ1) is 5.61. The van der Waals surface area contributed by atoms with E-state index in [9.17, 15) is 0 Å². The molecular formula is C6H10BN3O2. The second-order valence-corrected chi connectivity index (χ2v) is 2.58. The largest absolute Gasteiger partial charge is 0.491 e. The van der Waals surface area contributed by atoms with Crippen molar-refractivity contribution in [1.82, 2.24) is 9.97 Å². The fraction of sp³-hybridized carbons (Fsp3) is 0.333. The van der Waals surface area contributed by atoms with E-state index in [-0.39, 0.29) is 0 Å². The lowest BCUT2D eigenvalue weighted by molar-refractivity contribution is 0.425. The summed E-state index contributed by atoms with van der Waals surface area (Å²) < 4.78 is 0. The van der Waals surface area contributed by atoms with Crippen molar-refractivity contribution in [1.29, 1.82) is 0 Å². The smallest absolute Gasteiger partial charge is 0.423 e. The SMILES string of the molecule is CN(C)c1ncc(B(O)O)cn1. The van der Waals surface area contributed by atoms with Crippen molar-refractivity contribution in [2.24, 2.45) is 0 Å². The Bertz CT molecular complexity index is 222. The summed E-state index contributed by atoms with van der Waals surface area (Å²) in [6.07, 6.45) is 2.76. The third-order valence-electron chi connectivity index (χ3n) is 1.36. The van der Waals surface area contributed by atoms with Crippen LogP contribution in [0.2, 0.25) is 0 Å². The van der Waals surface area contributed by atoms with Crippen LogP contribution in [0.5, 0.6) is 0 Å². The summed E-state index contributed by atoms with van der Waals surface area (Å²) in [7, 11) is 2.12. The van der Waals surface area contributed by atoms with E-state index in [1.807, 2.05) is 14.1 Å². The molecule has 2 N–H and O–H groups in total. The van der Waals surface area contributed by atoms with E-state index in [1.54, 1.807) is 4.90 Å². The van der Waals surface area contributed by atoms with E-state index in [1.165, 1.54) is 12.4 Å². The van der Waals surface area contributed by atoms with Crippen LogP contribution in [-0.4, -0.2) is 41.2 Å². The molecule has 0 aliphatic carbocycles. The lowest BCUT2D eigenvalue weighted by Crippen LogP contribution is -2.31. The molecule has 0 radical (unpaired) electrons. The molecule has 1 heterocycles. The molecule has 0 aliphatic heterocycles. The van der Waals surface area contributed by atoms with Crippen LogP contribution in [0.15, 0.2) is 12.4 Å². The molecule has 0 saturated heterocycles. The maximum absolute atomic E-state index is 8.72. The third kappa shape index (κ3) is 1.93. The van der Waals surface area contributed by atoms with Crippen LogP contribution in [0.1, 0.15) is 0 Å². The Hall–Kier alpha value is -1.14. The fourth-order valence-electron chi connectivity index (χ4n) is 0.695. The van der Waals surface area contributed by atoms with Crippen LogP contribution in [0.3, 0.4) is 0 Å². The molecule has 0 spiro atoms. The molecule has 0 saturated carbocycles. The van der Waals surface area contributed by atoms with Crippen molar-refractivity contribution in [3.63, 3.8) is 0 Å². The fourth-order valence-corrected chi connectivity index (χ4v) is 0.695. The molecule has 1 rings (SSSR count). The van der Waals surface area contributed by atoms with Crippen LogP contribution in [0, 0.1) is 0 Å². The molecule has 0 amide bonds. The summed E-state index contributed by atoms with van der Waals surface area (Å²) >= 11 is 0. The molecule has 6 heteroatoms. The Morgan fingerprint density at radius 1 is 1.25 bits per heavy atom. The van der Waals surface area contributed by atoms with E-state index in [0.29, 0.717) is 11.4 Å². The van der Waals surface area contributed by atoms with Crippen molar-refractivity contribution < 1.29 is 10.0 Å². The van der Waals surface area contributed by atoms with Crippen molar-refractivity contribution in [3.05, 3.63) is 12.4 Å². The molecule has 64 valence electrons.